The largest absolute Gasteiger partial charge is 0.332 e. The molecule has 0 saturated carbocycles. The summed E-state index contributed by atoms with van der Waals surface area (Å²) in [6.07, 6.45) is 5.87. The topological polar surface area (TPSA) is 38.1 Å². The van der Waals surface area contributed by atoms with Crippen LogP contribution in [0.15, 0.2) is 67.0 Å². The smallest absolute Gasteiger partial charge is 0.254 e. The Morgan fingerprint density at radius 3 is 2.70 bits per heavy atom. The molecular formula is C23H25N3O. The molecule has 2 heterocycles. The zero-order chi connectivity index (χ0) is 18.8. The summed E-state index contributed by atoms with van der Waals surface area (Å²) < 4.78 is 2.13. The van der Waals surface area contributed by atoms with Gasteiger partial charge in [-0.3, -0.25) is 4.79 Å². The van der Waals surface area contributed by atoms with Crippen LogP contribution < -0.4 is 0 Å². The lowest BCUT2D eigenvalue weighted by Crippen LogP contribution is -2.30. The molecule has 1 aliphatic heterocycles. The molecule has 0 bridgehead atoms. The van der Waals surface area contributed by atoms with E-state index in [-0.39, 0.29) is 11.9 Å². The van der Waals surface area contributed by atoms with Crippen molar-refractivity contribution in [3.05, 3.63) is 78.1 Å². The molecule has 1 atom stereocenters. The summed E-state index contributed by atoms with van der Waals surface area (Å²) in [4.78, 5) is 19.8. The summed E-state index contributed by atoms with van der Waals surface area (Å²) in [5.74, 6) is 1.01. The van der Waals surface area contributed by atoms with Gasteiger partial charge in [0.2, 0.25) is 0 Å². The van der Waals surface area contributed by atoms with Gasteiger partial charge in [0.25, 0.3) is 5.91 Å². The second-order valence-corrected chi connectivity index (χ2v) is 7.40. The summed E-state index contributed by atoms with van der Waals surface area (Å²) in [6, 6.07) is 18.7. The minimum absolute atomic E-state index is 0.103. The van der Waals surface area contributed by atoms with Crippen molar-refractivity contribution in [2.75, 3.05) is 6.54 Å². The van der Waals surface area contributed by atoms with Crippen LogP contribution in [-0.4, -0.2) is 26.9 Å². The fourth-order valence-electron chi connectivity index (χ4n) is 3.94. The maximum Gasteiger partial charge on any atom is 0.254 e. The van der Waals surface area contributed by atoms with Gasteiger partial charge >= 0.3 is 0 Å². The molecule has 1 saturated heterocycles. The predicted molar refractivity (Wildman–Crippen MR) is 108 cm³/mol. The lowest BCUT2D eigenvalue weighted by molar-refractivity contribution is 0.0735. The van der Waals surface area contributed by atoms with Crippen LogP contribution >= 0.6 is 0 Å². The number of amides is 1. The first-order valence-corrected chi connectivity index (χ1v) is 9.64. The third-order valence-electron chi connectivity index (χ3n) is 5.29. The van der Waals surface area contributed by atoms with E-state index in [0.717, 1.165) is 36.3 Å². The SMILES string of the molecule is CC(C)n1ccnc1-c1cccc(C(=O)N2CCC[C@@H]2c2ccccc2)c1. The number of hydrogen-bond donors (Lipinski definition) is 0. The van der Waals surface area contributed by atoms with Crippen molar-refractivity contribution in [2.45, 2.75) is 38.8 Å². The molecule has 4 nitrogen and oxygen atoms in total. The minimum atomic E-state index is 0.103. The molecule has 27 heavy (non-hydrogen) atoms. The monoisotopic (exact) mass is 359 g/mol. The van der Waals surface area contributed by atoms with Gasteiger partial charge in [-0.15, -0.1) is 0 Å². The van der Waals surface area contributed by atoms with Crippen molar-refractivity contribution in [2.24, 2.45) is 0 Å². The van der Waals surface area contributed by atoms with Crippen LogP contribution in [0.25, 0.3) is 11.4 Å². The molecule has 3 aromatic rings. The van der Waals surface area contributed by atoms with Crippen LogP contribution in [0.5, 0.6) is 0 Å². The lowest BCUT2D eigenvalue weighted by Gasteiger charge is -2.25. The zero-order valence-corrected chi connectivity index (χ0v) is 15.9. The molecule has 1 amide bonds. The Labute approximate surface area is 160 Å². The van der Waals surface area contributed by atoms with Gasteiger partial charge in [0.05, 0.1) is 6.04 Å². The third-order valence-corrected chi connectivity index (χ3v) is 5.29. The van der Waals surface area contributed by atoms with E-state index < -0.39 is 0 Å². The number of benzene rings is 2. The number of rotatable bonds is 4. The van der Waals surface area contributed by atoms with E-state index in [9.17, 15) is 4.79 Å². The molecule has 1 fully saturated rings. The van der Waals surface area contributed by atoms with E-state index in [0.29, 0.717) is 6.04 Å². The zero-order valence-electron chi connectivity index (χ0n) is 15.9. The Morgan fingerprint density at radius 1 is 1.11 bits per heavy atom. The normalized spacial score (nSPS) is 16.9. The fourth-order valence-corrected chi connectivity index (χ4v) is 3.94. The van der Waals surface area contributed by atoms with Crippen LogP contribution in [-0.2, 0) is 0 Å². The molecule has 0 aliphatic carbocycles. The lowest BCUT2D eigenvalue weighted by atomic mass is 10.0. The van der Waals surface area contributed by atoms with Crippen molar-refractivity contribution >= 4 is 5.91 Å². The maximum absolute atomic E-state index is 13.3. The van der Waals surface area contributed by atoms with Crippen LogP contribution in [0.4, 0.5) is 0 Å². The van der Waals surface area contributed by atoms with Crippen LogP contribution in [0.3, 0.4) is 0 Å². The summed E-state index contributed by atoms with van der Waals surface area (Å²) in [7, 11) is 0. The van der Waals surface area contributed by atoms with Crippen LogP contribution in [0, 0.1) is 0 Å². The van der Waals surface area contributed by atoms with Gasteiger partial charge in [0, 0.05) is 36.1 Å². The number of carbonyl (C=O) groups excluding carboxylic acids is 1. The van der Waals surface area contributed by atoms with Gasteiger partial charge < -0.3 is 9.47 Å². The fraction of sp³-hybridized carbons (Fsp3) is 0.304. The van der Waals surface area contributed by atoms with E-state index in [1.54, 1.807) is 0 Å². The third kappa shape index (κ3) is 3.39. The van der Waals surface area contributed by atoms with E-state index >= 15 is 0 Å². The molecule has 1 aliphatic rings. The number of carbonyl (C=O) groups is 1. The molecule has 0 unspecified atom stereocenters. The van der Waals surface area contributed by atoms with E-state index in [1.165, 1.54) is 5.56 Å². The van der Waals surface area contributed by atoms with E-state index in [1.807, 2.05) is 59.8 Å². The molecule has 2 aromatic carbocycles. The average molecular weight is 359 g/mol. The first-order chi connectivity index (χ1) is 13.1. The highest BCUT2D eigenvalue weighted by Crippen LogP contribution is 2.33. The highest BCUT2D eigenvalue weighted by molar-refractivity contribution is 5.95. The maximum atomic E-state index is 13.3. The Bertz CT molecular complexity index is 930. The molecular weight excluding hydrogens is 334 g/mol. The quantitative estimate of drug-likeness (QED) is 0.649. The first kappa shape index (κ1) is 17.5. The Balaban J connectivity index is 1.64. The second kappa shape index (κ2) is 7.39. The van der Waals surface area contributed by atoms with Gasteiger partial charge in [-0.2, -0.15) is 0 Å². The summed E-state index contributed by atoms with van der Waals surface area (Å²) in [6.45, 7) is 5.08. The Morgan fingerprint density at radius 2 is 1.93 bits per heavy atom. The Kier molecular flexibility index (Phi) is 4.80. The first-order valence-electron chi connectivity index (χ1n) is 9.64. The van der Waals surface area contributed by atoms with Gasteiger partial charge in [0.1, 0.15) is 5.82 Å². The minimum Gasteiger partial charge on any atom is -0.332 e. The second-order valence-electron chi connectivity index (χ2n) is 7.40. The number of nitrogens with zero attached hydrogens (tertiary/aromatic N) is 3. The molecule has 1 aromatic heterocycles. The summed E-state index contributed by atoms with van der Waals surface area (Å²) >= 11 is 0. The molecule has 138 valence electrons. The summed E-state index contributed by atoms with van der Waals surface area (Å²) in [5.41, 5.74) is 2.93. The predicted octanol–water partition coefficient (Wildman–Crippen LogP) is 5.11. The number of imidazole rings is 1. The summed E-state index contributed by atoms with van der Waals surface area (Å²) in [5, 5.41) is 0. The van der Waals surface area contributed by atoms with Gasteiger partial charge in [-0.25, -0.2) is 4.98 Å². The highest BCUT2D eigenvalue weighted by Gasteiger charge is 2.30. The molecule has 4 heteroatoms. The van der Waals surface area contributed by atoms with Crippen molar-refractivity contribution in [1.82, 2.24) is 14.5 Å². The number of likely N-dealkylation sites (tertiary alicyclic amines) is 1. The van der Waals surface area contributed by atoms with Gasteiger partial charge in [0.15, 0.2) is 0 Å². The molecule has 4 rings (SSSR count). The van der Waals surface area contributed by atoms with E-state index in [2.05, 4.69) is 35.5 Å². The Hall–Kier alpha value is -2.88. The van der Waals surface area contributed by atoms with Crippen molar-refractivity contribution in [1.29, 1.82) is 0 Å². The molecule has 0 spiro atoms. The molecule has 0 radical (unpaired) electrons. The van der Waals surface area contributed by atoms with Crippen molar-refractivity contribution in [3.8, 4) is 11.4 Å². The van der Waals surface area contributed by atoms with E-state index in [4.69, 9.17) is 0 Å². The highest BCUT2D eigenvalue weighted by atomic mass is 16.2. The average Bonchev–Trinajstić information content (AvgIpc) is 3.38. The molecule has 0 N–H and O–H groups in total. The standard InChI is InChI=1S/C23H25N3O/c1-17(2)25-15-13-24-22(25)19-10-6-11-20(16-19)23(27)26-14-7-12-21(26)18-8-4-3-5-9-18/h3-6,8-11,13,15-17,21H,7,12,14H2,1-2H3/t21-/m1/s1. The van der Waals surface area contributed by atoms with Crippen LogP contribution in [0.1, 0.15) is 54.7 Å². The van der Waals surface area contributed by atoms with Gasteiger partial charge in [-0.05, 0) is 44.4 Å². The van der Waals surface area contributed by atoms with Crippen molar-refractivity contribution < 1.29 is 4.79 Å². The number of aromatic nitrogens is 2. The van der Waals surface area contributed by atoms with Crippen LogP contribution in [0.2, 0.25) is 0 Å². The van der Waals surface area contributed by atoms with Crippen molar-refractivity contribution in [3.63, 3.8) is 0 Å². The van der Waals surface area contributed by atoms with Gasteiger partial charge in [-0.1, -0.05) is 42.5 Å². The number of hydrogen-bond acceptors (Lipinski definition) is 2.